The van der Waals surface area contributed by atoms with Gasteiger partial charge in [-0.2, -0.15) is 0 Å². The van der Waals surface area contributed by atoms with Gasteiger partial charge >= 0.3 is 6.16 Å². The lowest BCUT2D eigenvalue weighted by Gasteiger charge is -2.32. The predicted molar refractivity (Wildman–Crippen MR) is 53.6 cm³/mol. The van der Waals surface area contributed by atoms with Gasteiger partial charge in [0.15, 0.2) is 0 Å². The van der Waals surface area contributed by atoms with Crippen LogP contribution in [-0.4, -0.2) is 32.1 Å². The molecule has 1 aliphatic carbocycles. The molecule has 0 N–H and O–H groups in total. The zero-order valence-corrected chi connectivity index (χ0v) is 9.16. The average molecular weight is 214 g/mol. The fraction of sp³-hybridized carbons (Fsp3) is 0.909. The van der Waals surface area contributed by atoms with Crippen molar-refractivity contribution in [2.45, 2.75) is 38.7 Å². The minimum atomic E-state index is -0.562. The van der Waals surface area contributed by atoms with Crippen LogP contribution in [-0.2, 0) is 14.2 Å². The molecule has 2 rings (SSSR count). The maximum atomic E-state index is 10.7. The van der Waals surface area contributed by atoms with Crippen molar-refractivity contribution < 1.29 is 19.0 Å². The smallest absolute Gasteiger partial charge is 0.433 e. The summed E-state index contributed by atoms with van der Waals surface area (Å²) in [4.78, 5) is 10.7. The molecule has 86 valence electrons. The highest BCUT2D eigenvalue weighted by Crippen LogP contribution is 2.27. The van der Waals surface area contributed by atoms with Gasteiger partial charge in [0.2, 0.25) is 0 Å². The molecule has 0 atom stereocenters. The molecule has 0 spiro atoms. The van der Waals surface area contributed by atoms with Crippen LogP contribution in [0.1, 0.15) is 32.6 Å². The van der Waals surface area contributed by atoms with Crippen molar-refractivity contribution in [3.63, 3.8) is 0 Å². The molecule has 1 saturated heterocycles. The summed E-state index contributed by atoms with van der Waals surface area (Å²) >= 11 is 0. The molecule has 0 amide bonds. The van der Waals surface area contributed by atoms with Crippen molar-refractivity contribution in [2.24, 2.45) is 5.41 Å². The first kappa shape index (κ1) is 10.7. The summed E-state index contributed by atoms with van der Waals surface area (Å²) in [6.07, 6.45) is 4.71. The second-order valence-corrected chi connectivity index (χ2v) is 4.86. The molecular formula is C11H18O4. The summed E-state index contributed by atoms with van der Waals surface area (Å²) in [6, 6.07) is 0. The van der Waals surface area contributed by atoms with Crippen LogP contribution in [0.15, 0.2) is 0 Å². The van der Waals surface area contributed by atoms with Gasteiger partial charge in [-0.25, -0.2) is 4.79 Å². The Hall–Kier alpha value is -0.770. The second kappa shape index (κ2) is 4.39. The third-order valence-electron chi connectivity index (χ3n) is 3.05. The number of hydrogen-bond donors (Lipinski definition) is 0. The molecule has 2 fully saturated rings. The van der Waals surface area contributed by atoms with Crippen LogP contribution in [0.25, 0.3) is 0 Å². The van der Waals surface area contributed by atoms with Gasteiger partial charge in [-0.3, -0.25) is 0 Å². The van der Waals surface area contributed by atoms with Gasteiger partial charge in [-0.05, 0) is 12.8 Å². The predicted octanol–water partition coefficient (Wildman–Crippen LogP) is 2.12. The first-order valence-electron chi connectivity index (χ1n) is 5.59. The number of ether oxygens (including phenoxy) is 3. The molecule has 4 nitrogen and oxygen atoms in total. The Labute approximate surface area is 89.9 Å². The molecule has 0 bridgehead atoms. The molecule has 4 heteroatoms. The Morgan fingerprint density at radius 3 is 2.53 bits per heavy atom. The molecule has 15 heavy (non-hydrogen) atoms. The van der Waals surface area contributed by atoms with E-state index >= 15 is 0 Å². The lowest BCUT2D eigenvalue weighted by Crippen LogP contribution is -2.41. The lowest BCUT2D eigenvalue weighted by molar-refractivity contribution is -0.0974. The minimum absolute atomic E-state index is 0.170. The van der Waals surface area contributed by atoms with E-state index in [1.54, 1.807) is 0 Å². The van der Waals surface area contributed by atoms with Gasteiger partial charge < -0.3 is 14.2 Å². The van der Waals surface area contributed by atoms with E-state index in [9.17, 15) is 4.79 Å². The molecule has 0 radical (unpaired) electrons. The summed E-state index contributed by atoms with van der Waals surface area (Å²) in [7, 11) is 0. The van der Waals surface area contributed by atoms with Crippen LogP contribution in [0.3, 0.4) is 0 Å². The van der Waals surface area contributed by atoms with Gasteiger partial charge in [0, 0.05) is 0 Å². The highest BCUT2D eigenvalue weighted by molar-refractivity contribution is 5.60. The fourth-order valence-electron chi connectivity index (χ4n) is 2.01. The van der Waals surface area contributed by atoms with Crippen LogP contribution in [0.2, 0.25) is 0 Å². The molecule has 2 aliphatic rings. The van der Waals surface area contributed by atoms with Crippen molar-refractivity contribution in [2.75, 3.05) is 19.8 Å². The van der Waals surface area contributed by atoms with E-state index in [1.807, 2.05) is 6.92 Å². The van der Waals surface area contributed by atoms with E-state index in [0.29, 0.717) is 25.9 Å². The minimum Gasteiger partial charge on any atom is -0.433 e. The summed E-state index contributed by atoms with van der Waals surface area (Å²) in [5.74, 6) is 0. The SMILES string of the molecule is CC1(COC2CCCC2)COC(=O)OC1. The Balaban J connectivity index is 1.74. The van der Waals surface area contributed by atoms with Crippen LogP contribution >= 0.6 is 0 Å². The Morgan fingerprint density at radius 1 is 1.33 bits per heavy atom. The van der Waals surface area contributed by atoms with Gasteiger partial charge in [-0.15, -0.1) is 0 Å². The Morgan fingerprint density at radius 2 is 1.93 bits per heavy atom. The summed E-state index contributed by atoms with van der Waals surface area (Å²) in [5.41, 5.74) is -0.170. The number of carbonyl (C=O) groups excluding carboxylic acids is 1. The van der Waals surface area contributed by atoms with Gasteiger partial charge in [-0.1, -0.05) is 19.8 Å². The molecule has 0 unspecified atom stereocenters. The standard InChI is InChI=1S/C11H18O4/c1-11(7-14-10(12)15-8-11)6-13-9-4-2-3-5-9/h9H,2-8H2,1H3. The first-order chi connectivity index (χ1) is 7.18. The van der Waals surface area contributed by atoms with Crippen molar-refractivity contribution >= 4 is 6.16 Å². The molecule has 1 aliphatic heterocycles. The highest BCUT2D eigenvalue weighted by Gasteiger charge is 2.34. The zero-order valence-electron chi connectivity index (χ0n) is 9.16. The number of rotatable bonds is 3. The normalized spacial score (nSPS) is 26.1. The van der Waals surface area contributed by atoms with E-state index in [2.05, 4.69) is 0 Å². The molecule has 0 aromatic carbocycles. The number of hydrogen-bond acceptors (Lipinski definition) is 4. The van der Waals surface area contributed by atoms with Crippen molar-refractivity contribution in [3.05, 3.63) is 0 Å². The average Bonchev–Trinajstić information content (AvgIpc) is 2.73. The zero-order chi connectivity index (χ0) is 10.7. The third-order valence-corrected chi connectivity index (χ3v) is 3.05. The number of carbonyl (C=O) groups is 1. The topological polar surface area (TPSA) is 44.8 Å². The summed E-state index contributed by atoms with van der Waals surface area (Å²) in [5, 5.41) is 0. The maximum Gasteiger partial charge on any atom is 0.508 e. The number of cyclic esters (lactones) is 2. The third kappa shape index (κ3) is 2.84. The van der Waals surface area contributed by atoms with E-state index in [4.69, 9.17) is 14.2 Å². The first-order valence-corrected chi connectivity index (χ1v) is 5.59. The van der Waals surface area contributed by atoms with Crippen molar-refractivity contribution in [1.82, 2.24) is 0 Å². The van der Waals surface area contributed by atoms with Crippen LogP contribution in [0, 0.1) is 5.41 Å². The highest BCUT2D eigenvalue weighted by atomic mass is 16.7. The largest absolute Gasteiger partial charge is 0.508 e. The Bertz CT molecular complexity index is 223. The molecule has 1 saturated carbocycles. The molecule has 0 aromatic rings. The van der Waals surface area contributed by atoms with Crippen molar-refractivity contribution in [3.8, 4) is 0 Å². The molecule has 1 heterocycles. The summed E-state index contributed by atoms with van der Waals surface area (Å²) < 4.78 is 15.5. The fourth-order valence-corrected chi connectivity index (χ4v) is 2.01. The van der Waals surface area contributed by atoms with Gasteiger partial charge in [0.1, 0.15) is 13.2 Å². The van der Waals surface area contributed by atoms with Crippen LogP contribution < -0.4 is 0 Å². The van der Waals surface area contributed by atoms with E-state index < -0.39 is 6.16 Å². The van der Waals surface area contributed by atoms with Crippen LogP contribution in [0.5, 0.6) is 0 Å². The quantitative estimate of drug-likeness (QED) is 0.675. The van der Waals surface area contributed by atoms with Crippen molar-refractivity contribution in [1.29, 1.82) is 0 Å². The monoisotopic (exact) mass is 214 g/mol. The molecular weight excluding hydrogens is 196 g/mol. The van der Waals surface area contributed by atoms with Gasteiger partial charge in [0.25, 0.3) is 0 Å². The van der Waals surface area contributed by atoms with Gasteiger partial charge in [0.05, 0.1) is 18.1 Å². The second-order valence-electron chi connectivity index (χ2n) is 4.86. The molecule has 0 aromatic heterocycles. The Kier molecular flexibility index (Phi) is 3.14. The van der Waals surface area contributed by atoms with Crippen LogP contribution in [0.4, 0.5) is 4.79 Å². The maximum absolute atomic E-state index is 10.7. The van der Waals surface area contributed by atoms with E-state index in [1.165, 1.54) is 12.8 Å². The summed E-state index contributed by atoms with van der Waals surface area (Å²) in [6.45, 7) is 3.44. The van der Waals surface area contributed by atoms with E-state index in [-0.39, 0.29) is 5.41 Å². The van der Waals surface area contributed by atoms with E-state index in [0.717, 1.165) is 12.8 Å². The lowest BCUT2D eigenvalue weighted by atomic mass is 9.93.